The Morgan fingerprint density at radius 1 is 1.00 bits per heavy atom. The molecule has 0 aliphatic rings. The van der Waals surface area contributed by atoms with Gasteiger partial charge in [-0.15, -0.1) is 0 Å². The van der Waals surface area contributed by atoms with Crippen molar-refractivity contribution in [3.8, 4) is 0 Å². The summed E-state index contributed by atoms with van der Waals surface area (Å²) in [5.41, 5.74) is 0.898. The van der Waals surface area contributed by atoms with E-state index in [0.29, 0.717) is 13.0 Å². The summed E-state index contributed by atoms with van der Waals surface area (Å²) in [6, 6.07) is 8.53. The van der Waals surface area contributed by atoms with Crippen molar-refractivity contribution in [1.82, 2.24) is 10.6 Å². The van der Waals surface area contributed by atoms with Gasteiger partial charge in [0.1, 0.15) is 6.04 Å². The van der Waals surface area contributed by atoms with E-state index in [4.69, 9.17) is 4.74 Å². The van der Waals surface area contributed by atoms with Gasteiger partial charge in [-0.3, -0.25) is 19.2 Å². The lowest BCUT2D eigenvalue weighted by Gasteiger charge is -2.17. The molecule has 1 rings (SSSR count). The van der Waals surface area contributed by atoms with Gasteiger partial charge < -0.3 is 15.4 Å². The van der Waals surface area contributed by atoms with Gasteiger partial charge in [0.2, 0.25) is 11.8 Å². The highest BCUT2D eigenvalue weighted by Crippen LogP contribution is 2.04. The summed E-state index contributed by atoms with van der Waals surface area (Å²) in [6.45, 7) is 3.63. The third-order valence-corrected chi connectivity index (χ3v) is 4.31. The van der Waals surface area contributed by atoms with Crippen molar-refractivity contribution in [2.45, 2.75) is 64.8 Å². The van der Waals surface area contributed by atoms with Crippen LogP contribution in [0.5, 0.6) is 0 Å². The molecular formula is C22H32N2O5. The minimum absolute atomic E-state index is 0.00161. The molecule has 0 unspecified atom stereocenters. The van der Waals surface area contributed by atoms with Crippen LogP contribution in [-0.4, -0.2) is 42.8 Å². The molecular weight excluding hydrogens is 372 g/mol. The summed E-state index contributed by atoms with van der Waals surface area (Å²) in [4.78, 5) is 47.4. The number of Topliss-reactive ketones (excluding diaryl/α,β-unsaturated/α-hetero) is 1. The van der Waals surface area contributed by atoms with Crippen molar-refractivity contribution >= 4 is 23.6 Å². The third kappa shape index (κ3) is 11.7. The van der Waals surface area contributed by atoms with Crippen molar-refractivity contribution in [2.75, 3.05) is 13.2 Å². The fourth-order valence-corrected chi connectivity index (χ4v) is 2.73. The number of ketones is 1. The first-order valence-electron chi connectivity index (χ1n) is 10.2. The zero-order valence-corrected chi connectivity index (χ0v) is 17.4. The van der Waals surface area contributed by atoms with E-state index in [2.05, 4.69) is 17.6 Å². The quantitative estimate of drug-likeness (QED) is 0.366. The molecule has 2 N–H and O–H groups in total. The zero-order chi connectivity index (χ0) is 21.5. The van der Waals surface area contributed by atoms with Gasteiger partial charge in [0.15, 0.2) is 5.78 Å². The molecule has 7 nitrogen and oxygen atoms in total. The Morgan fingerprint density at radius 2 is 1.72 bits per heavy atom. The molecule has 0 spiro atoms. The lowest BCUT2D eigenvalue weighted by atomic mass is 10.1. The molecule has 1 aromatic carbocycles. The summed E-state index contributed by atoms with van der Waals surface area (Å²) in [6.07, 6.45) is 4.41. The Kier molecular flexibility index (Phi) is 12.0. The highest BCUT2D eigenvalue weighted by Gasteiger charge is 2.20. The van der Waals surface area contributed by atoms with Crippen LogP contribution in [0.25, 0.3) is 0 Å². The highest BCUT2D eigenvalue weighted by atomic mass is 16.5. The van der Waals surface area contributed by atoms with Crippen LogP contribution in [0.15, 0.2) is 30.3 Å². The Balaban J connectivity index is 2.34. The van der Waals surface area contributed by atoms with Gasteiger partial charge in [-0.2, -0.15) is 0 Å². The fourth-order valence-electron chi connectivity index (χ4n) is 2.73. The summed E-state index contributed by atoms with van der Waals surface area (Å²) >= 11 is 0. The molecule has 0 aromatic heterocycles. The molecule has 7 heteroatoms. The molecule has 0 saturated carbocycles. The van der Waals surface area contributed by atoms with Crippen LogP contribution in [0.2, 0.25) is 0 Å². The van der Waals surface area contributed by atoms with E-state index in [1.807, 2.05) is 30.3 Å². The van der Waals surface area contributed by atoms with Crippen molar-refractivity contribution < 1.29 is 23.9 Å². The summed E-state index contributed by atoms with van der Waals surface area (Å²) in [7, 11) is 0. The van der Waals surface area contributed by atoms with Crippen molar-refractivity contribution in [3.63, 3.8) is 0 Å². The smallest absolute Gasteiger partial charge is 0.306 e. The van der Waals surface area contributed by atoms with Crippen LogP contribution >= 0.6 is 0 Å². The summed E-state index contributed by atoms with van der Waals surface area (Å²) in [5, 5.41) is 5.15. The van der Waals surface area contributed by atoms with Gasteiger partial charge in [-0.1, -0.05) is 56.5 Å². The van der Waals surface area contributed by atoms with Crippen LogP contribution in [-0.2, 0) is 30.3 Å². The predicted molar refractivity (Wildman–Crippen MR) is 110 cm³/mol. The normalized spacial score (nSPS) is 11.4. The number of benzene rings is 1. The molecule has 0 saturated heterocycles. The Bertz CT molecular complexity index is 660. The molecule has 160 valence electrons. The van der Waals surface area contributed by atoms with Crippen LogP contribution in [0.3, 0.4) is 0 Å². The van der Waals surface area contributed by atoms with Gasteiger partial charge in [0.25, 0.3) is 0 Å². The van der Waals surface area contributed by atoms with Gasteiger partial charge in [-0.25, -0.2) is 0 Å². The van der Waals surface area contributed by atoms with Gasteiger partial charge in [0, 0.05) is 19.8 Å². The fraction of sp³-hybridized carbons (Fsp3) is 0.545. The highest BCUT2D eigenvalue weighted by molar-refractivity contribution is 5.91. The van der Waals surface area contributed by atoms with E-state index < -0.39 is 17.9 Å². The number of hydrogen-bond donors (Lipinski definition) is 2. The van der Waals surface area contributed by atoms with Crippen molar-refractivity contribution in [3.05, 3.63) is 35.9 Å². The number of carbonyl (C=O) groups excluding carboxylic acids is 4. The number of hydrogen-bond acceptors (Lipinski definition) is 5. The van der Waals surface area contributed by atoms with Crippen molar-refractivity contribution in [2.24, 2.45) is 0 Å². The van der Waals surface area contributed by atoms with Crippen LogP contribution < -0.4 is 10.6 Å². The second-order valence-corrected chi connectivity index (χ2v) is 6.98. The topological polar surface area (TPSA) is 102 Å². The average molecular weight is 405 g/mol. The molecule has 29 heavy (non-hydrogen) atoms. The van der Waals surface area contributed by atoms with Crippen LogP contribution in [0.1, 0.15) is 57.9 Å². The number of ether oxygens (including phenoxy) is 1. The molecule has 0 aliphatic heterocycles. The average Bonchev–Trinajstić information content (AvgIpc) is 2.70. The molecule has 1 aromatic rings. The molecule has 0 fully saturated rings. The van der Waals surface area contributed by atoms with E-state index >= 15 is 0 Å². The second kappa shape index (κ2) is 14.3. The molecule has 1 atom stereocenters. The number of nitrogens with one attached hydrogen (secondary N) is 2. The number of rotatable bonds is 14. The zero-order valence-electron chi connectivity index (χ0n) is 17.4. The van der Waals surface area contributed by atoms with Crippen LogP contribution in [0, 0.1) is 0 Å². The minimum Gasteiger partial charge on any atom is -0.466 e. The lowest BCUT2D eigenvalue weighted by Crippen LogP contribution is -2.48. The summed E-state index contributed by atoms with van der Waals surface area (Å²) in [5.74, 6) is -1.42. The first-order valence-corrected chi connectivity index (χ1v) is 10.2. The van der Waals surface area contributed by atoms with Gasteiger partial charge in [-0.05, 0) is 12.0 Å². The van der Waals surface area contributed by atoms with Crippen LogP contribution in [0.4, 0.5) is 0 Å². The molecule has 0 bridgehead atoms. The maximum absolute atomic E-state index is 12.4. The van der Waals surface area contributed by atoms with E-state index in [0.717, 1.165) is 31.2 Å². The van der Waals surface area contributed by atoms with Gasteiger partial charge in [0.05, 0.1) is 19.6 Å². The molecule has 0 heterocycles. The molecule has 0 aliphatic carbocycles. The van der Waals surface area contributed by atoms with E-state index in [1.54, 1.807) is 0 Å². The van der Waals surface area contributed by atoms with E-state index in [1.165, 1.54) is 6.92 Å². The Morgan fingerprint density at radius 3 is 2.38 bits per heavy atom. The van der Waals surface area contributed by atoms with E-state index in [-0.39, 0.29) is 31.1 Å². The second-order valence-electron chi connectivity index (χ2n) is 6.98. The maximum Gasteiger partial charge on any atom is 0.306 e. The number of esters is 1. The monoisotopic (exact) mass is 404 g/mol. The number of amides is 2. The molecule has 0 radical (unpaired) electrons. The van der Waals surface area contributed by atoms with E-state index in [9.17, 15) is 19.2 Å². The first-order chi connectivity index (χ1) is 13.9. The largest absolute Gasteiger partial charge is 0.466 e. The third-order valence-electron chi connectivity index (χ3n) is 4.31. The minimum atomic E-state index is -0.768. The van der Waals surface area contributed by atoms with Gasteiger partial charge >= 0.3 is 5.97 Å². The summed E-state index contributed by atoms with van der Waals surface area (Å²) < 4.78 is 5.09. The molecule has 2 amide bonds. The standard InChI is InChI=1S/C22H32N2O5/c1-3-4-5-9-14-29-21(27)13-12-19(26)16-23-22(28)20(24-17(2)25)15-18-10-7-6-8-11-18/h6-8,10-11,20H,3-5,9,12-16H2,1-2H3,(H,23,28)(H,24,25)/t20-/m0/s1. The predicted octanol–water partition coefficient (Wildman–Crippen LogP) is 2.32. The Hall–Kier alpha value is -2.70. The maximum atomic E-state index is 12.4. The Labute approximate surface area is 172 Å². The SMILES string of the molecule is CCCCCCOC(=O)CCC(=O)CNC(=O)[C@H](Cc1ccccc1)NC(C)=O. The van der Waals surface area contributed by atoms with Crippen molar-refractivity contribution in [1.29, 1.82) is 0 Å². The number of unbranched alkanes of at least 4 members (excludes halogenated alkanes) is 3. The number of carbonyl (C=O) groups is 4. The lowest BCUT2D eigenvalue weighted by molar-refractivity contribution is -0.144. The first kappa shape index (κ1) is 24.3.